The normalized spacial score (nSPS) is 18.9. The standard InChI is InChI=1S/C64H44N4/c1-5-17-41(18-6-1)45-30-35-53-54-36-31-46(40-60(54)68(59(53)39-45)48-23-11-4-12-24-48)44-29-33-51-49-25-13-15-27-55(49)64(57(51)37-44)56-28-16-14-26-50(56)52-34-32-47(38-58(52)64)63-66-61(42-19-7-2-8-20-42)65-62(67-63)43-21-9-3-10-22-43/h1-2,4-9,11-40,54,60H,3,10H2. The topological polar surface area (TPSA) is 41.9 Å². The lowest BCUT2D eigenvalue weighted by Crippen LogP contribution is -2.29. The summed E-state index contributed by atoms with van der Waals surface area (Å²) in [6.45, 7) is 0. The number of para-hydroxylation sites is 1. The first kappa shape index (κ1) is 38.8. The maximum Gasteiger partial charge on any atom is 0.164 e. The van der Waals surface area contributed by atoms with E-state index in [-0.39, 0.29) is 12.0 Å². The van der Waals surface area contributed by atoms with E-state index in [0.717, 1.165) is 29.5 Å². The van der Waals surface area contributed by atoms with Crippen molar-refractivity contribution >= 4 is 22.5 Å². The van der Waals surface area contributed by atoms with Gasteiger partial charge < -0.3 is 4.90 Å². The summed E-state index contributed by atoms with van der Waals surface area (Å²) in [4.78, 5) is 18.1. The quantitative estimate of drug-likeness (QED) is 0.167. The Morgan fingerprint density at radius 3 is 1.69 bits per heavy atom. The molecule has 1 aromatic heterocycles. The molecule has 2 heterocycles. The summed E-state index contributed by atoms with van der Waals surface area (Å²) >= 11 is 0. The van der Waals surface area contributed by atoms with E-state index in [0.29, 0.717) is 17.5 Å². The highest BCUT2D eigenvalue weighted by Gasteiger charge is 2.52. The summed E-state index contributed by atoms with van der Waals surface area (Å²) in [7, 11) is 0. The maximum absolute atomic E-state index is 5.24. The van der Waals surface area contributed by atoms with Crippen LogP contribution in [0.2, 0.25) is 0 Å². The van der Waals surface area contributed by atoms with Gasteiger partial charge >= 0.3 is 0 Å². The zero-order valence-corrected chi connectivity index (χ0v) is 37.3. The third kappa shape index (κ3) is 5.83. The molecule has 0 N–H and O–H groups in total. The molecule has 0 saturated carbocycles. The van der Waals surface area contributed by atoms with E-state index in [1.165, 1.54) is 83.7 Å². The lowest BCUT2D eigenvalue weighted by molar-refractivity contribution is 0.747. The minimum absolute atomic E-state index is 0.110. The van der Waals surface area contributed by atoms with Crippen molar-refractivity contribution in [3.63, 3.8) is 0 Å². The predicted molar refractivity (Wildman–Crippen MR) is 277 cm³/mol. The average Bonchev–Trinajstić information content (AvgIpc) is 4.02. The second kappa shape index (κ2) is 15.3. The molecule has 1 aliphatic heterocycles. The minimum atomic E-state index is -0.564. The summed E-state index contributed by atoms with van der Waals surface area (Å²) in [6.07, 6.45) is 15.9. The highest BCUT2D eigenvalue weighted by molar-refractivity contribution is 5.97. The van der Waals surface area contributed by atoms with Gasteiger partial charge in [-0.3, -0.25) is 0 Å². The predicted octanol–water partition coefficient (Wildman–Crippen LogP) is 15.2. The van der Waals surface area contributed by atoms with Crippen molar-refractivity contribution in [3.05, 3.63) is 270 Å². The molecule has 4 nitrogen and oxygen atoms in total. The zero-order chi connectivity index (χ0) is 44.8. The van der Waals surface area contributed by atoms with Crippen LogP contribution in [0.15, 0.2) is 231 Å². The van der Waals surface area contributed by atoms with Crippen LogP contribution in [0.25, 0.3) is 67.3 Å². The van der Waals surface area contributed by atoms with Gasteiger partial charge in [0.05, 0.1) is 11.5 Å². The van der Waals surface area contributed by atoms with Crippen LogP contribution in [0.3, 0.4) is 0 Å². The van der Waals surface area contributed by atoms with Crippen molar-refractivity contribution < 1.29 is 0 Å². The molecule has 0 fully saturated rings. The zero-order valence-electron chi connectivity index (χ0n) is 37.3. The molecule has 4 aliphatic carbocycles. The Kier molecular flexibility index (Phi) is 8.72. The molecular weight excluding hydrogens is 825 g/mol. The highest BCUT2D eigenvalue weighted by atomic mass is 15.2. The molecule has 9 aromatic rings. The smallest absolute Gasteiger partial charge is 0.164 e. The van der Waals surface area contributed by atoms with Crippen molar-refractivity contribution in [1.82, 2.24) is 15.0 Å². The SMILES string of the molecule is C1=CC(c2nc(-c3ccccc3)nc(-c3ccc4c(c3)C3(c5ccccc5-c5ccc(C6=CC7C(C=C6)c6ccc(-c8ccccc8)cc6N7c6ccccc6)cc53)c3ccccc3-4)n2)=CCC1. The number of rotatable bonds is 6. The number of hydrogen-bond acceptors (Lipinski definition) is 4. The molecule has 0 saturated heterocycles. The molecule has 8 aromatic carbocycles. The van der Waals surface area contributed by atoms with Crippen LogP contribution in [0.4, 0.5) is 11.4 Å². The van der Waals surface area contributed by atoms with Crippen molar-refractivity contribution in [2.24, 2.45) is 0 Å². The van der Waals surface area contributed by atoms with E-state index in [2.05, 4.69) is 217 Å². The van der Waals surface area contributed by atoms with Crippen molar-refractivity contribution in [2.45, 2.75) is 30.2 Å². The number of nitrogens with zero attached hydrogens (tertiary/aromatic N) is 4. The van der Waals surface area contributed by atoms with Gasteiger partial charge in [-0.05, 0) is 116 Å². The second-order valence-electron chi connectivity index (χ2n) is 18.5. The van der Waals surface area contributed by atoms with Crippen LogP contribution in [0.1, 0.15) is 58.0 Å². The van der Waals surface area contributed by atoms with Crippen LogP contribution in [0, 0.1) is 0 Å². The molecule has 0 radical (unpaired) electrons. The molecule has 68 heavy (non-hydrogen) atoms. The van der Waals surface area contributed by atoms with Gasteiger partial charge in [-0.25, -0.2) is 15.0 Å². The number of fused-ring (bicyclic) bond motifs is 13. The van der Waals surface area contributed by atoms with Crippen molar-refractivity contribution in [3.8, 4) is 56.2 Å². The van der Waals surface area contributed by atoms with Gasteiger partial charge in [0.25, 0.3) is 0 Å². The van der Waals surface area contributed by atoms with E-state index in [4.69, 9.17) is 15.0 Å². The monoisotopic (exact) mass is 868 g/mol. The van der Waals surface area contributed by atoms with E-state index < -0.39 is 5.41 Å². The fourth-order valence-corrected chi connectivity index (χ4v) is 11.9. The third-order valence-electron chi connectivity index (χ3n) is 14.9. The number of aromatic nitrogens is 3. The maximum atomic E-state index is 5.24. The minimum Gasteiger partial charge on any atom is -0.333 e. The Morgan fingerprint density at radius 1 is 0.426 bits per heavy atom. The molecule has 5 aliphatic rings. The lowest BCUT2D eigenvalue weighted by Gasteiger charge is -2.32. The summed E-state index contributed by atoms with van der Waals surface area (Å²) in [5.74, 6) is 2.27. The first-order valence-electron chi connectivity index (χ1n) is 23.8. The van der Waals surface area contributed by atoms with Crippen molar-refractivity contribution in [1.29, 1.82) is 0 Å². The number of hydrogen-bond donors (Lipinski definition) is 0. The largest absolute Gasteiger partial charge is 0.333 e. The summed E-state index contributed by atoms with van der Waals surface area (Å²) in [6, 6.07) is 71.3. The fourth-order valence-electron chi connectivity index (χ4n) is 11.9. The summed E-state index contributed by atoms with van der Waals surface area (Å²) in [5.41, 5.74) is 21.3. The van der Waals surface area contributed by atoms with Gasteiger partial charge in [-0.15, -0.1) is 0 Å². The molecule has 3 unspecified atom stereocenters. The Balaban J connectivity index is 0.934. The first-order valence-corrected chi connectivity index (χ1v) is 23.8. The van der Waals surface area contributed by atoms with Crippen LogP contribution >= 0.6 is 0 Å². The molecule has 1 spiro atoms. The summed E-state index contributed by atoms with van der Waals surface area (Å²) in [5, 5.41) is 0. The van der Waals surface area contributed by atoms with Crippen LogP contribution in [0.5, 0.6) is 0 Å². The van der Waals surface area contributed by atoms with E-state index in [9.17, 15) is 0 Å². The second-order valence-corrected chi connectivity index (χ2v) is 18.5. The van der Waals surface area contributed by atoms with Crippen molar-refractivity contribution in [2.75, 3.05) is 4.90 Å². The van der Waals surface area contributed by atoms with Gasteiger partial charge in [-0.1, -0.05) is 200 Å². The fraction of sp³-hybridized carbons (Fsp3) is 0.0781. The molecule has 320 valence electrons. The van der Waals surface area contributed by atoms with Gasteiger partial charge in [0.1, 0.15) is 0 Å². The molecule has 0 bridgehead atoms. The number of anilines is 2. The van der Waals surface area contributed by atoms with Gasteiger partial charge in [0, 0.05) is 34.0 Å². The molecular formula is C64H44N4. The van der Waals surface area contributed by atoms with Gasteiger partial charge in [0.15, 0.2) is 17.5 Å². The number of allylic oxidation sites excluding steroid dienone is 6. The summed E-state index contributed by atoms with van der Waals surface area (Å²) < 4.78 is 0. The van der Waals surface area contributed by atoms with Gasteiger partial charge in [0.2, 0.25) is 0 Å². The van der Waals surface area contributed by atoms with E-state index in [1.807, 2.05) is 18.2 Å². The van der Waals surface area contributed by atoms with Crippen LogP contribution < -0.4 is 4.90 Å². The molecule has 4 heteroatoms. The Labute approximate surface area is 396 Å². The molecule has 14 rings (SSSR count). The van der Waals surface area contributed by atoms with E-state index in [1.54, 1.807) is 0 Å². The third-order valence-corrected chi connectivity index (χ3v) is 14.9. The Bertz CT molecular complexity index is 3630. The Hall–Kier alpha value is -8.47. The highest BCUT2D eigenvalue weighted by Crippen LogP contribution is 2.63. The lowest BCUT2D eigenvalue weighted by atomic mass is 9.70. The van der Waals surface area contributed by atoms with E-state index >= 15 is 0 Å². The Morgan fingerprint density at radius 2 is 1.00 bits per heavy atom. The number of benzene rings is 8. The first-order chi connectivity index (χ1) is 33.7. The average molecular weight is 869 g/mol. The van der Waals surface area contributed by atoms with Crippen LogP contribution in [-0.2, 0) is 5.41 Å². The molecule has 0 amide bonds. The molecule has 3 atom stereocenters. The van der Waals surface area contributed by atoms with Gasteiger partial charge in [-0.2, -0.15) is 0 Å². The van der Waals surface area contributed by atoms with Crippen LogP contribution in [-0.4, -0.2) is 21.0 Å².